The van der Waals surface area contributed by atoms with Crippen molar-refractivity contribution in [2.45, 2.75) is 5.41 Å². The van der Waals surface area contributed by atoms with Gasteiger partial charge in [0.15, 0.2) is 0 Å². The predicted octanol–water partition coefficient (Wildman–Crippen LogP) is 15.2. The van der Waals surface area contributed by atoms with Crippen molar-refractivity contribution in [2.24, 2.45) is 0 Å². The Morgan fingerprint density at radius 1 is 0.316 bits per heavy atom. The normalized spacial score (nSPS) is 12.7. The van der Waals surface area contributed by atoms with E-state index in [1.165, 1.54) is 75.8 Å². The van der Waals surface area contributed by atoms with Crippen LogP contribution >= 0.6 is 11.3 Å². The molecule has 10 aromatic rings. The van der Waals surface area contributed by atoms with Gasteiger partial charge in [-0.2, -0.15) is 0 Å². The Kier molecular flexibility index (Phi) is 7.98. The van der Waals surface area contributed by atoms with Crippen molar-refractivity contribution in [3.05, 3.63) is 247 Å². The average molecular weight is 744 g/mol. The third-order valence-electron chi connectivity index (χ3n) is 11.7. The third-order valence-corrected chi connectivity index (χ3v) is 12.9. The van der Waals surface area contributed by atoms with E-state index >= 15 is 0 Å². The maximum Gasteiger partial charge on any atom is 0.0714 e. The molecule has 1 aliphatic rings. The molecule has 0 bridgehead atoms. The van der Waals surface area contributed by atoms with E-state index in [1.54, 1.807) is 0 Å². The van der Waals surface area contributed by atoms with Crippen LogP contribution in [0.5, 0.6) is 0 Å². The first-order chi connectivity index (χ1) is 28.3. The number of benzene rings is 9. The molecule has 11 rings (SSSR count). The molecule has 1 heterocycles. The minimum Gasteiger partial charge on any atom is -0.310 e. The van der Waals surface area contributed by atoms with Crippen molar-refractivity contribution in [2.75, 3.05) is 4.90 Å². The molecule has 0 aliphatic heterocycles. The summed E-state index contributed by atoms with van der Waals surface area (Å²) in [5.41, 5.74) is 15.6. The van der Waals surface area contributed by atoms with Gasteiger partial charge in [-0.3, -0.25) is 0 Å². The summed E-state index contributed by atoms with van der Waals surface area (Å²) >= 11 is 1.88. The number of hydrogen-bond donors (Lipinski definition) is 0. The highest BCUT2D eigenvalue weighted by Gasteiger charge is 2.45. The molecule has 0 unspecified atom stereocenters. The van der Waals surface area contributed by atoms with Crippen LogP contribution in [0.25, 0.3) is 53.6 Å². The predicted molar refractivity (Wildman–Crippen MR) is 242 cm³/mol. The Hall–Kier alpha value is -7.00. The molecule has 268 valence electrons. The molecule has 0 radical (unpaired) electrons. The summed E-state index contributed by atoms with van der Waals surface area (Å²) in [6.45, 7) is 0. The van der Waals surface area contributed by atoms with Crippen LogP contribution in [0, 0.1) is 0 Å². The Balaban J connectivity index is 1.07. The Bertz CT molecular complexity index is 3010. The van der Waals surface area contributed by atoms with Crippen molar-refractivity contribution >= 4 is 48.6 Å². The minimum absolute atomic E-state index is 0.420. The van der Waals surface area contributed by atoms with Gasteiger partial charge in [-0.15, -0.1) is 11.3 Å². The fourth-order valence-corrected chi connectivity index (χ4v) is 10.3. The third kappa shape index (κ3) is 5.44. The number of fused-ring (bicyclic) bond motifs is 6. The van der Waals surface area contributed by atoms with Gasteiger partial charge in [-0.05, 0) is 104 Å². The lowest BCUT2D eigenvalue weighted by molar-refractivity contribution is 0.770. The molecule has 0 N–H and O–H groups in total. The summed E-state index contributed by atoms with van der Waals surface area (Å²) in [5.74, 6) is 0. The second-order valence-corrected chi connectivity index (χ2v) is 15.9. The van der Waals surface area contributed by atoms with Crippen LogP contribution in [0.3, 0.4) is 0 Å². The van der Waals surface area contributed by atoms with Gasteiger partial charge in [0.1, 0.15) is 0 Å². The van der Waals surface area contributed by atoms with E-state index in [0.29, 0.717) is 0 Å². The zero-order chi connectivity index (χ0) is 37.8. The number of anilines is 3. The summed E-state index contributed by atoms with van der Waals surface area (Å²) in [6.07, 6.45) is 0. The molecule has 0 fully saturated rings. The van der Waals surface area contributed by atoms with E-state index in [-0.39, 0.29) is 0 Å². The number of nitrogens with zero attached hydrogens (tertiary/aromatic N) is 1. The molecule has 2 heteroatoms. The van der Waals surface area contributed by atoms with E-state index in [1.807, 2.05) is 11.3 Å². The Morgan fingerprint density at radius 2 is 0.860 bits per heavy atom. The maximum atomic E-state index is 2.47. The van der Waals surface area contributed by atoms with Crippen LogP contribution < -0.4 is 4.90 Å². The topological polar surface area (TPSA) is 3.24 Å². The van der Waals surface area contributed by atoms with Crippen molar-refractivity contribution in [1.82, 2.24) is 0 Å². The molecule has 0 saturated carbocycles. The van der Waals surface area contributed by atoms with Gasteiger partial charge < -0.3 is 4.90 Å². The van der Waals surface area contributed by atoms with Crippen molar-refractivity contribution in [3.8, 4) is 33.4 Å². The minimum atomic E-state index is -0.420. The summed E-state index contributed by atoms with van der Waals surface area (Å²) < 4.78 is 2.57. The van der Waals surface area contributed by atoms with Gasteiger partial charge in [-0.25, -0.2) is 0 Å². The summed E-state index contributed by atoms with van der Waals surface area (Å²) in [4.78, 5) is 2.40. The fourth-order valence-electron chi connectivity index (χ4n) is 9.19. The van der Waals surface area contributed by atoms with Crippen LogP contribution in [-0.4, -0.2) is 0 Å². The molecular weight excluding hydrogens is 707 g/mol. The zero-order valence-electron chi connectivity index (χ0n) is 31.2. The van der Waals surface area contributed by atoms with Crippen molar-refractivity contribution in [3.63, 3.8) is 0 Å². The van der Waals surface area contributed by atoms with Crippen LogP contribution in [0.15, 0.2) is 224 Å². The van der Waals surface area contributed by atoms with Crippen LogP contribution in [0.2, 0.25) is 0 Å². The quantitative estimate of drug-likeness (QED) is 0.157. The standard InChI is InChI=1S/C55H37NS/c1-4-15-38(16-5-1)40-27-30-44(31-28-40)56(45-22-14-19-41(35-45)39-17-6-2-7-18-39)46-32-34-53-50(37-46)49-33-29-43(36-54(49)57-53)55(42-20-8-3-9-21-42)51-25-12-10-23-47(51)48-24-11-13-26-52(48)55/h1-37H. The molecule has 57 heavy (non-hydrogen) atoms. The molecule has 9 aromatic carbocycles. The van der Waals surface area contributed by atoms with Crippen LogP contribution in [0.1, 0.15) is 22.3 Å². The molecule has 1 nitrogen and oxygen atoms in total. The summed E-state index contributed by atoms with van der Waals surface area (Å²) in [7, 11) is 0. The summed E-state index contributed by atoms with van der Waals surface area (Å²) in [6, 6.07) is 82.4. The van der Waals surface area contributed by atoms with Gasteiger partial charge in [0.25, 0.3) is 0 Å². The van der Waals surface area contributed by atoms with Gasteiger partial charge in [0.05, 0.1) is 5.41 Å². The largest absolute Gasteiger partial charge is 0.310 e. The molecule has 0 spiro atoms. The summed E-state index contributed by atoms with van der Waals surface area (Å²) in [5, 5.41) is 2.55. The van der Waals surface area contributed by atoms with Crippen molar-refractivity contribution in [1.29, 1.82) is 0 Å². The number of thiophene rings is 1. The first-order valence-electron chi connectivity index (χ1n) is 19.6. The highest BCUT2D eigenvalue weighted by molar-refractivity contribution is 7.25. The van der Waals surface area contributed by atoms with Crippen LogP contribution in [-0.2, 0) is 5.41 Å². The highest BCUT2D eigenvalue weighted by Crippen LogP contribution is 2.56. The van der Waals surface area contributed by atoms with Gasteiger partial charge in [0, 0.05) is 37.2 Å². The molecule has 1 aromatic heterocycles. The molecule has 0 atom stereocenters. The lowest BCUT2D eigenvalue weighted by Gasteiger charge is -2.33. The van der Waals surface area contributed by atoms with Gasteiger partial charge in [0.2, 0.25) is 0 Å². The number of hydrogen-bond acceptors (Lipinski definition) is 2. The van der Waals surface area contributed by atoms with Gasteiger partial charge >= 0.3 is 0 Å². The first-order valence-corrected chi connectivity index (χ1v) is 20.4. The Labute approximate surface area is 337 Å². The average Bonchev–Trinajstić information content (AvgIpc) is 3.81. The highest BCUT2D eigenvalue weighted by atomic mass is 32.1. The SMILES string of the molecule is c1ccc(-c2ccc(N(c3cccc(-c4ccccc4)c3)c3ccc4sc5cc(C6(c7ccccc7)c7ccccc7-c7ccccc76)ccc5c4c3)cc2)cc1. The maximum absolute atomic E-state index is 2.47. The molecule has 1 aliphatic carbocycles. The monoisotopic (exact) mass is 743 g/mol. The molecular formula is C55H37NS. The fraction of sp³-hybridized carbons (Fsp3) is 0.0182. The first kappa shape index (κ1) is 33.3. The lowest BCUT2D eigenvalue weighted by Crippen LogP contribution is -2.28. The zero-order valence-corrected chi connectivity index (χ0v) is 32.0. The second-order valence-electron chi connectivity index (χ2n) is 14.9. The van der Waals surface area contributed by atoms with E-state index in [0.717, 1.165) is 17.1 Å². The number of rotatable bonds is 7. The Morgan fingerprint density at radius 3 is 1.54 bits per heavy atom. The van der Waals surface area contributed by atoms with E-state index < -0.39 is 5.41 Å². The van der Waals surface area contributed by atoms with E-state index in [9.17, 15) is 0 Å². The van der Waals surface area contributed by atoms with Crippen LogP contribution in [0.4, 0.5) is 17.1 Å². The smallest absolute Gasteiger partial charge is 0.0714 e. The molecule has 0 amide bonds. The van der Waals surface area contributed by atoms with E-state index in [4.69, 9.17) is 0 Å². The van der Waals surface area contributed by atoms with Crippen molar-refractivity contribution < 1.29 is 0 Å². The lowest BCUT2D eigenvalue weighted by atomic mass is 9.67. The molecule has 0 saturated heterocycles. The second kappa shape index (κ2) is 13.6. The van der Waals surface area contributed by atoms with Gasteiger partial charge in [-0.1, -0.05) is 176 Å². The van der Waals surface area contributed by atoms with E-state index in [2.05, 4.69) is 229 Å².